The first kappa shape index (κ1) is 17.3. The molecule has 0 aliphatic heterocycles. The first-order valence-corrected chi connectivity index (χ1v) is 8.00. The summed E-state index contributed by atoms with van der Waals surface area (Å²) < 4.78 is 6.49. The van der Waals surface area contributed by atoms with Gasteiger partial charge in [0.1, 0.15) is 6.33 Å². The van der Waals surface area contributed by atoms with Gasteiger partial charge >= 0.3 is 5.97 Å². The summed E-state index contributed by atoms with van der Waals surface area (Å²) in [6, 6.07) is 17.6. The minimum absolute atomic E-state index is 0.352. The Kier molecular flexibility index (Phi) is 5.66. The van der Waals surface area contributed by atoms with Crippen LogP contribution in [0.3, 0.4) is 0 Å². The number of carbonyl (C=O) groups is 2. The number of nitrogens with one attached hydrogen (secondary N) is 1. The highest BCUT2D eigenvalue weighted by Crippen LogP contribution is 2.15. The van der Waals surface area contributed by atoms with Crippen molar-refractivity contribution < 1.29 is 14.3 Å². The maximum Gasteiger partial charge on any atom is 0.331 e. The van der Waals surface area contributed by atoms with Crippen LogP contribution in [0.4, 0.5) is 5.69 Å². The van der Waals surface area contributed by atoms with E-state index in [0.29, 0.717) is 12.1 Å². The number of anilines is 1. The van der Waals surface area contributed by atoms with Crippen LogP contribution >= 0.6 is 0 Å². The van der Waals surface area contributed by atoms with Gasteiger partial charge in [0.15, 0.2) is 12.6 Å². The fourth-order valence-corrected chi connectivity index (χ4v) is 2.38. The standard InChI is InChI=1S/C18H17N5O3/c24-17(20-15-9-5-2-6-10-15)12-26-18(25)16(23-13-19-21-22-23)11-14-7-3-1-4-8-14/h1-10,13,16H,11-12H2,(H,20,24)/t16-/m0/s1. The number of tetrazole rings is 1. The van der Waals surface area contributed by atoms with Crippen LogP contribution in [-0.4, -0.2) is 38.7 Å². The van der Waals surface area contributed by atoms with Crippen molar-refractivity contribution in [3.05, 3.63) is 72.6 Å². The molecule has 0 spiro atoms. The number of para-hydroxylation sites is 1. The third-order valence-electron chi connectivity index (χ3n) is 3.63. The molecule has 2 aromatic carbocycles. The zero-order valence-electron chi connectivity index (χ0n) is 13.9. The van der Waals surface area contributed by atoms with Crippen LogP contribution < -0.4 is 5.32 Å². The number of ether oxygens (including phenoxy) is 1. The molecule has 0 unspecified atom stereocenters. The van der Waals surface area contributed by atoms with E-state index in [9.17, 15) is 9.59 Å². The van der Waals surface area contributed by atoms with Gasteiger partial charge in [0, 0.05) is 12.1 Å². The molecule has 0 radical (unpaired) electrons. The molecule has 1 N–H and O–H groups in total. The van der Waals surface area contributed by atoms with E-state index in [1.165, 1.54) is 11.0 Å². The highest BCUT2D eigenvalue weighted by atomic mass is 16.5. The van der Waals surface area contributed by atoms with Gasteiger partial charge in [0.2, 0.25) is 0 Å². The number of aromatic nitrogens is 4. The van der Waals surface area contributed by atoms with Crippen LogP contribution in [0.25, 0.3) is 0 Å². The molecule has 3 rings (SSSR count). The van der Waals surface area contributed by atoms with Crippen LogP contribution in [0.15, 0.2) is 67.0 Å². The van der Waals surface area contributed by atoms with Crippen molar-refractivity contribution in [3.63, 3.8) is 0 Å². The average molecular weight is 351 g/mol. The van der Waals surface area contributed by atoms with Crippen LogP contribution in [-0.2, 0) is 20.7 Å². The lowest BCUT2D eigenvalue weighted by molar-refractivity contribution is -0.151. The van der Waals surface area contributed by atoms with E-state index in [-0.39, 0.29) is 6.61 Å². The minimum atomic E-state index is -0.753. The predicted octanol–water partition coefficient (Wildman–Crippen LogP) is 1.64. The number of benzene rings is 2. The molecule has 0 aliphatic rings. The molecule has 0 fully saturated rings. The fourth-order valence-electron chi connectivity index (χ4n) is 2.38. The average Bonchev–Trinajstić information content (AvgIpc) is 3.20. The number of nitrogens with zero attached hydrogens (tertiary/aromatic N) is 4. The summed E-state index contributed by atoms with van der Waals surface area (Å²) in [5.74, 6) is -0.996. The van der Waals surface area contributed by atoms with Crippen molar-refractivity contribution in [2.45, 2.75) is 12.5 Å². The lowest BCUT2D eigenvalue weighted by Crippen LogP contribution is -2.28. The Hall–Kier alpha value is -3.55. The number of amides is 1. The smallest absolute Gasteiger partial charge is 0.331 e. The SMILES string of the molecule is O=C(COC(=O)[C@H](Cc1ccccc1)n1cnnn1)Nc1ccccc1. The number of hydrogen-bond donors (Lipinski definition) is 1. The van der Waals surface area contributed by atoms with E-state index < -0.39 is 17.9 Å². The van der Waals surface area contributed by atoms with E-state index in [2.05, 4.69) is 20.8 Å². The van der Waals surface area contributed by atoms with Crippen molar-refractivity contribution in [2.24, 2.45) is 0 Å². The number of carbonyl (C=O) groups excluding carboxylic acids is 2. The molecule has 1 heterocycles. The van der Waals surface area contributed by atoms with Gasteiger partial charge in [-0.2, -0.15) is 0 Å². The zero-order valence-corrected chi connectivity index (χ0v) is 13.9. The van der Waals surface area contributed by atoms with Crippen molar-refractivity contribution in [1.29, 1.82) is 0 Å². The quantitative estimate of drug-likeness (QED) is 0.650. The maximum atomic E-state index is 12.5. The molecule has 8 nitrogen and oxygen atoms in total. The lowest BCUT2D eigenvalue weighted by atomic mass is 10.1. The topological polar surface area (TPSA) is 99.0 Å². The third-order valence-corrected chi connectivity index (χ3v) is 3.63. The second kappa shape index (κ2) is 8.52. The van der Waals surface area contributed by atoms with Crippen LogP contribution in [0.2, 0.25) is 0 Å². The van der Waals surface area contributed by atoms with Gasteiger partial charge in [0.05, 0.1) is 0 Å². The van der Waals surface area contributed by atoms with E-state index in [0.717, 1.165) is 5.56 Å². The second-order valence-electron chi connectivity index (χ2n) is 5.52. The Morgan fingerprint density at radius 1 is 1.04 bits per heavy atom. The summed E-state index contributed by atoms with van der Waals surface area (Å²) in [6.45, 7) is -0.388. The Balaban J connectivity index is 1.61. The summed E-state index contributed by atoms with van der Waals surface area (Å²) in [7, 11) is 0. The largest absolute Gasteiger partial charge is 0.454 e. The number of esters is 1. The predicted molar refractivity (Wildman–Crippen MR) is 93.0 cm³/mol. The van der Waals surface area contributed by atoms with Crippen molar-refractivity contribution >= 4 is 17.6 Å². The fraction of sp³-hybridized carbons (Fsp3) is 0.167. The summed E-state index contributed by atoms with van der Waals surface area (Å²) >= 11 is 0. The summed E-state index contributed by atoms with van der Waals surface area (Å²) in [4.78, 5) is 24.4. The van der Waals surface area contributed by atoms with Gasteiger partial charge < -0.3 is 10.1 Å². The molecule has 132 valence electrons. The van der Waals surface area contributed by atoms with E-state index in [4.69, 9.17) is 4.74 Å². The van der Waals surface area contributed by atoms with Crippen molar-refractivity contribution in [3.8, 4) is 0 Å². The van der Waals surface area contributed by atoms with Gasteiger partial charge in [-0.15, -0.1) is 5.10 Å². The molecule has 1 atom stereocenters. The molecule has 26 heavy (non-hydrogen) atoms. The molecule has 3 aromatic rings. The summed E-state index contributed by atoms with van der Waals surface area (Å²) in [5, 5.41) is 13.6. The number of rotatable bonds is 7. The summed E-state index contributed by atoms with van der Waals surface area (Å²) in [5.41, 5.74) is 1.56. The van der Waals surface area contributed by atoms with E-state index in [1.807, 2.05) is 36.4 Å². The first-order chi connectivity index (χ1) is 12.7. The Bertz CT molecular complexity index is 838. The number of hydrogen-bond acceptors (Lipinski definition) is 6. The highest BCUT2D eigenvalue weighted by Gasteiger charge is 2.24. The van der Waals surface area contributed by atoms with Crippen LogP contribution in [0, 0.1) is 0 Å². The van der Waals surface area contributed by atoms with Gasteiger partial charge in [-0.1, -0.05) is 48.5 Å². The van der Waals surface area contributed by atoms with Gasteiger partial charge in [-0.3, -0.25) is 4.79 Å². The molecule has 1 amide bonds. The molecular weight excluding hydrogens is 334 g/mol. The van der Waals surface area contributed by atoms with Gasteiger partial charge in [-0.25, -0.2) is 9.48 Å². The van der Waals surface area contributed by atoms with E-state index >= 15 is 0 Å². The molecule has 8 heteroatoms. The Morgan fingerprint density at radius 2 is 1.73 bits per heavy atom. The monoisotopic (exact) mass is 351 g/mol. The third kappa shape index (κ3) is 4.73. The molecule has 1 aromatic heterocycles. The van der Waals surface area contributed by atoms with Crippen molar-refractivity contribution in [1.82, 2.24) is 20.2 Å². The summed E-state index contributed by atoms with van der Waals surface area (Å²) in [6.07, 6.45) is 1.70. The highest BCUT2D eigenvalue weighted by molar-refractivity contribution is 5.92. The van der Waals surface area contributed by atoms with Gasteiger partial charge in [0.25, 0.3) is 5.91 Å². The first-order valence-electron chi connectivity index (χ1n) is 8.00. The maximum absolute atomic E-state index is 12.5. The van der Waals surface area contributed by atoms with E-state index in [1.54, 1.807) is 24.3 Å². The lowest BCUT2D eigenvalue weighted by Gasteiger charge is -2.15. The van der Waals surface area contributed by atoms with Crippen molar-refractivity contribution in [2.75, 3.05) is 11.9 Å². The van der Waals surface area contributed by atoms with Gasteiger partial charge in [-0.05, 0) is 28.1 Å². The zero-order chi connectivity index (χ0) is 18.2. The van der Waals surface area contributed by atoms with Crippen LogP contribution in [0.1, 0.15) is 11.6 Å². The Labute approximate surface area is 149 Å². The molecule has 0 bridgehead atoms. The second-order valence-corrected chi connectivity index (χ2v) is 5.52. The molecule has 0 aliphatic carbocycles. The minimum Gasteiger partial charge on any atom is -0.454 e. The molecular formula is C18H17N5O3. The molecule has 0 saturated heterocycles. The Morgan fingerprint density at radius 3 is 2.38 bits per heavy atom. The molecule has 0 saturated carbocycles. The van der Waals surface area contributed by atoms with Crippen LogP contribution in [0.5, 0.6) is 0 Å². The normalized spacial score (nSPS) is 11.5.